The van der Waals surface area contributed by atoms with Gasteiger partial charge in [0.1, 0.15) is 16.3 Å². The van der Waals surface area contributed by atoms with Crippen LogP contribution in [-0.2, 0) is 13.0 Å². The van der Waals surface area contributed by atoms with Gasteiger partial charge in [-0.2, -0.15) is 0 Å². The van der Waals surface area contributed by atoms with E-state index in [0.717, 1.165) is 35.8 Å². The first kappa shape index (κ1) is 15.8. The smallest absolute Gasteiger partial charge is 0.268 e. The van der Waals surface area contributed by atoms with E-state index in [1.54, 1.807) is 7.11 Å². The number of rotatable bonds is 3. The van der Waals surface area contributed by atoms with Gasteiger partial charge in [0.15, 0.2) is 0 Å². The molecule has 5 nitrogen and oxygen atoms in total. The van der Waals surface area contributed by atoms with Crippen molar-refractivity contribution < 1.29 is 9.53 Å². The van der Waals surface area contributed by atoms with Gasteiger partial charge in [0.2, 0.25) is 0 Å². The van der Waals surface area contributed by atoms with Crippen molar-refractivity contribution in [1.29, 1.82) is 0 Å². The highest BCUT2D eigenvalue weighted by Crippen LogP contribution is 2.28. The number of benzene rings is 2. The Morgan fingerprint density at radius 1 is 1.12 bits per heavy atom. The molecule has 0 radical (unpaired) electrons. The summed E-state index contributed by atoms with van der Waals surface area (Å²) in [5, 5.41) is 4.18. The van der Waals surface area contributed by atoms with Crippen molar-refractivity contribution in [2.24, 2.45) is 0 Å². The number of hydrogen-bond acceptors (Lipinski definition) is 5. The van der Waals surface area contributed by atoms with Crippen LogP contribution in [0, 0.1) is 0 Å². The number of methoxy groups -OCH3 is 1. The highest BCUT2D eigenvalue weighted by atomic mass is 32.1. The van der Waals surface area contributed by atoms with Crippen molar-refractivity contribution in [3.05, 3.63) is 64.5 Å². The third kappa shape index (κ3) is 3.00. The zero-order valence-corrected chi connectivity index (χ0v) is 14.6. The first-order valence-corrected chi connectivity index (χ1v) is 8.86. The molecule has 4 rings (SSSR count). The molecule has 1 aromatic heterocycles. The zero-order chi connectivity index (χ0) is 17.2. The summed E-state index contributed by atoms with van der Waals surface area (Å²) in [4.78, 5) is 15.5. The Morgan fingerprint density at radius 2 is 1.88 bits per heavy atom. The third-order valence-electron chi connectivity index (χ3n) is 4.46. The lowest BCUT2D eigenvalue weighted by atomic mass is 9.99. The van der Waals surface area contributed by atoms with Gasteiger partial charge in [-0.05, 0) is 53.3 Å². The van der Waals surface area contributed by atoms with Crippen molar-refractivity contribution in [2.75, 3.05) is 13.7 Å². The molecule has 126 valence electrons. The van der Waals surface area contributed by atoms with Crippen molar-refractivity contribution in [3.8, 4) is 17.0 Å². The number of amides is 1. The van der Waals surface area contributed by atoms with E-state index >= 15 is 0 Å². The largest absolute Gasteiger partial charge is 0.497 e. The maximum atomic E-state index is 13.0. The van der Waals surface area contributed by atoms with Crippen molar-refractivity contribution in [3.63, 3.8) is 0 Å². The Labute approximate surface area is 150 Å². The third-order valence-corrected chi connectivity index (χ3v) is 5.18. The maximum Gasteiger partial charge on any atom is 0.268 e. The molecule has 0 atom stereocenters. The van der Waals surface area contributed by atoms with Crippen molar-refractivity contribution >= 4 is 17.4 Å². The Bertz CT molecular complexity index is 905. The monoisotopic (exact) mass is 351 g/mol. The van der Waals surface area contributed by atoms with E-state index in [9.17, 15) is 4.79 Å². The Hall–Kier alpha value is -2.73. The molecular weight excluding hydrogens is 334 g/mol. The molecule has 1 aliphatic heterocycles. The molecule has 0 aliphatic carbocycles. The van der Waals surface area contributed by atoms with Crippen LogP contribution in [-0.4, -0.2) is 34.0 Å². The quantitative estimate of drug-likeness (QED) is 0.726. The summed E-state index contributed by atoms with van der Waals surface area (Å²) < 4.78 is 9.20. The second-order valence-corrected chi connectivity index (χ2v) is 6.68. The molecule has 1 aliphatic rings. The fourth-order valence-electron chi connectivity index (χ4n) is 3.08. The molecule has 0 spiro atoms. The number of ether oxygens (including phenoxy) is 1. The number of fused-ring (bicyclic) bond motifs is 1. The van der Waals surface area contributed by atoms with Crippen LogP contribution in [0.3, 0.4) is 0 Å². The minimum absolute atomic E-state index is 0.00433. The van der Waals surface area contributed by atoms with Gasteiger partial charge in [-0.25, -0.2) is 0 Å². The molecule has 0 unspecified atom stereocenters. The predicted molar refractivity (Wildman–Crippen MR) is 96.8 cm³/mol. The number of carbonyl (C=O) groups excluding carboxylic acids is 1. The summed E-state index contributed by atoms with van der Waals surface area (Å²) in [7, 11) is 1.63. The van der Waals surface area contributed by atoms with E-state index in [1.165, 1.54) is 11.1 Å². The number of aromatic nitrogens is 2. The highest BCUT2D eigenvalue weighted by molar-refractivity contribution is 7.08. The average molecular weight is 351 g/mol. The molecule has 2 aromatic carbocycles. The Kier molecular flexibility index (Phi) is 4.19. The van der Waals surface area contributed by atoms with Crippen LogP contribution in [0.1, 0.15) is 20.8 Å². The standard InChI is InChI=1S/C19H17N3O2S/c1-24-16-8-6-14(7-9-16)17-18(25-21-20-17)19(23)22-11-10-13-4-2-3-5-15(13)12-22/h2-9H,10-12H2,1H3. The number of nitrogens with zero attached hydrogens (tertiary/aromatic N) is 3. The zero-order valence-electron chi connectivity index (χ0n) is 13.8. The Balaban J connectivity index is 1.60. The summed E-state index contributed by atoms with van der Waals surface area (Å²) in [6.07, 6.45) is 0.881. The summed E-state index contributed by atoms with van der Waals surface area (Å²) in [5.41, 5.74) is 4.04. The normalized spacial score (nSPS) is 13.4. The van der Waals surface area contributed by atoms with Gasteiger partial charge in [0, 0.05) is 18.7 Å². The molecule has 2 heterocycles. The second-order valence-electron chi connectivity index (χ2n) is 5.92. The summed E-state index contributed by atoms with van der Waals surface area (Å²) in [6.45, 7) is 1.35. The lowest BCUT2D eigenvalue weighted by Crippen LogP contribution is -2.35. The summed E-state index contributed by atoms with van der Waals surface area (Å²) in [5.74, 6) is 0.766. The topological polar surface area (TPSA) is 55.3 Å². The van der Waals surface area contributed by atoms with Crippen LogP contribution in [0.5, 0.6) is 5.75 Å². The van der Waals surface area contributed by atoms with Gasteiger partial charge in [0.05, 0.1) is 7.11 Å². The molecular formula is C19H17N3O2S. The van der Waals surface area contributed by atoms with E-state index < -0.39 is 0 Å². The molecule has 25 heavy (non-hydrogen) atoms. The predicted octanol–water partition coefficient (Wildman–Crippen LogP) is 3.41. The second kappa shape index (κ2) is 6.64. The van der Waals surface area contributed by atoms with E-state index in [0.29, 0.717) is 17.1 Å². The fourth-order valence-corrected chi connectivity index (χ4v) is 3.74. The van der Waals surface area contributed by atoms with E-state index in [2.05, 4.69) is 21.7 Å². The molecule has 0 bridgehead atoms. The van der Waals surface area contributed by atoms with Crippen LogP contribution in [0.4, 0.5) is 0 Å². The van der Waals surface area contributed by atoms with Gasteiger partial charge in [-0.3, -0.25) is 4.79 Å². The molecule has 0 N–H and O–H groups in total. The molecule has 6 heteroatoms. The first-order valence-electron chi connectivity index (χ1n) is 8.09. The number of hydrogen-bond donors (Lipinski definition) is 0. The van der Waals surface area contributed by atoms with Gasteiger partial charge in [-0.1, -0.05) is 28.8 Å². The lowest BCUT2D eigenvalue weighted by Gasteiger charge is -2.28. The molecule has 0 fully saturated rings. The van der Waals surface area contributed by atoms with Crippen LogP contribution in [0.2, 0.25) is 0 Å². The summed E-state index contributed by atoms with van der Waals surface area (Å²) in [6, 6.07) is 15.8. The number of carbonyl (C=O) groups is 1. The first-order chi connectivity index (χ1) is 12.3. The van der Waals surface area contributed by atoms with Crippen LogP contribution >= 0.6 is 11.5 Å². The Morgan fingerprint density at radius 3 is 2.64 bits per heavy atom. The lowest BCUT2D eigenvalue weighted by molar-refractivity contribution is 0.0740. The molecule has 0 saturated carbocycles. The average Bonchev–Trinajstić information content (AvgIpc) is 3.17. The van der Waals surface area contributed by atoms with E-state index in [1.807, 2.05) is 41.3 Å². The fraction of sp³-hybridized carbons (Fsp3) is 0.211. The molecule has 0 saturated heterocycles. The van der Waals surface area contributed by atoms with E-state index in [4.69, 9.17) is 4.74 Å². The van der Waals surface area contributed by atoms with Crippen LogP contribution in [0.15, 0.2) is 48.5 Å². The van der Waals surface area contributed by atoms with Crippen molar-refractivity contribution in [1.82, 2.24) is 14.5 Å². The van der Waals surface area contributed by atoms with Crippen LogP contribution < -0.4 is 4.74 Å². The van der Waals surface area contributed by atoms with Crippen molar-refractivity contribution in [2.45, 2.75) is 13.0 Å². The minimum atomic E-state index is -0.00433. The van der Waals surface area contributed by atoms with Gasteiger partial charge < -0.3 is 9.64 Å². The highest BCUT2D eigenvalue weighted by Gasteiger charge is 2.26. The van der Waals surface area contributed by atoms with E-state index in [-0.39, 0.29) is 5.91 Å². The minimum Gasteiger partial charge on any atom is -0.497 e. The van der Waals surface area contributed by atoms with Gasteiger partial charge >= 0.3 is 0 Å². The van der Waals surface area contributed by atoms with Crippen LogP contribution in [0.25, 0.3) is 11.3 Å². The van der Waals surface area contributed by atoms with Gasteiger partial charge in [-0.15, -0.1) is 5.10 Å². The summed E-state index contributed by atoms with van der Waals surface area (Å²) >= 11 is 1.15. The maximum absolute atomic E-state index is 13.0. The molecule has 3 aromatic rings. The molecule has 1 amide bonds. The SMILES string of the molecule is COc1ccc(-c2nnsc2C(=O)N2CCc3ccccc3C2)cc1. The van der Waals surface area contributed by atoms with Gasteiger partial charge in [0.25, 0.3) is 5.91 Å².